The molecule has 0 aliphatic rings. The zero-order valence-electron chi connectivity index (χ0n) is 18.3. The van der Waals surface area contributed by atoms with E-state index in [0.717, 1.165) is 38.4 Å². The number of nitrogens with one attached hydrogen (secondary N) is 2. The maximum Gasteiger partial charge on any atom is 0.243 e. The number of anilines is 1. The van der Waals surface area contributed by atoms with Crippen LogP contribution >= 0.6 is 11.3 Å². The summed E-state index contributed by atoms with van der Waals surface area (Å²) in [5.74, 6) is 0.154. The van der Waals surface area contributed by atoms with Crippen LogP contribution in [0.5, 0.6) is 0 Å². The average Bonchev–Trinajstić information content (AvgIpc) is 3.34. The quantitative estimate of drug-likeness (QED) is 0.375. The molecule has 1 amide bonds. The highest BCUT2D eigenvalue weighted by atomic mass is 32.1. The number of aryl methyl sites for hydroxylation is 1. The molecule has 0 aliphatic heterocycles. The van der Waals surface area contributed by atoms with E-state index in [9.17, 15) is 4.79 Å². The van der Waals surface area contributed by atoms with E-state index in [0.29, 0.717) is 17.5 Å². The van der Waals surface area contributed by atoms with Crippen molar-refractivity contribution in [3.63, 3.8) is 0 Å². The first-order valence-corrected chi connectivity index (χ1v) is 11.3. The molecular formula is C24H26N6OS. The third kappa shape index (κ3) is 4.92. The van der Waals surface area contributed by atoms with Gasteiger partial charge in [-0.05, 0) is 61.2 Å². The van der Waals surface area contributed by atoms with Crippen LogP contribution in [-0.2, 0) is 4.79 Å². The van der Waals surface area contributed by atoms with Gasteiger partial charge in [0, 0.05) is 11.6 Å². The Balaban J connectivity index is 1.54. The number of carbonyl (C=O) groups excluding carboxylic acids is 1. The first kappa shape index (κ1) is 21.9. The smallest absolute Gasteiger partial charge is 0.243 e. The molecule has 0 fully saturated rings. The molecule has 1 atom stereocenters. The van der Waals surface area contributed by atoms with Crippen LogP contribution in [0.1, 0.15) is 37.4 Å². The molecule has 1 unspecified atom stereocenters. The summed E-state index contributed by atoms with van der Waals surface area (Å²) in [5.41, 5.74) is 10.5. The van der Waals surface area contributed by atoms with Gasteiger partial charge in [0.1, 0.15) is 0 Å². The van der Waals surface area contributed by atoms with Crippen molar-refractivity contribution >= 4 is 45.4 Å². The molecule has 3 heterocycles. The van der Waals surface area contributed by atoms with Crippen molar-refractivity contribution in [1.82, 2.24) is 20.2 Å². The van der Waals surface area contributed by atoms with Crippen LogP contribution in [0.4, 0.5) is 5.13 Å². The van der Waals surface area contributed by atoms with Gasteiger partial charge in [0.15, 0.2) is 5.13 Å². The monoisotopic (exact) mass is 446 g/mol. The summed E-state index contributed by atoms with van der Waals surface area (Å²) in [6.45, 7) is 6.03. The van der Waals surface area contributed by atoms with Crippen molar-refractivity contribution in [3.8, 4) is 10.4 Å². The number of pyridine rings is 1. The normalized spacial score (nSPS) is 12.7. The summed E-state index contributed by atoms with van der Waals surface area (Å²) in [4.78, 5) is 22.2. The highest BCUT2D eigenvalue weighted by Gasteiger charge is 2.18. The Morgan fingerprint density at radius 3 is 2.84 bits per heavy atom. The van der Waals surface area contributed by atoms with Crippen LogP contribution in [0.3, 0.4) is 0 Å². The van der Waals surface area contributed by atoms with Gasteiger partial charge in [0.25, 0.3) is 0 Å². The Labute approximate surface area is 190 Å². The molecule has 0 spiro atoms. The van der Waals surface area contributed by atoms with Gasteiger partial charge in [0.2, 0.25) is 5.91 Å². The van der Waals surface area contributed by atoms with E-state index in [1.807, 2.05) is 63.3 Å². The summed E-state index contributed by atoms with van der Waals surface area (Å²) < 4.78 is 0. The molecule has 4 aromatic rings. The van der Waals surface area contributed by atoms with E-state index >= 15 is 0 Å². The lowest BCUT2D eigenvalue weighted by molar-refractivity contribution is -0.117. The van der Waals surface area contributed by atoms with E-state index < -0.39 is 6.04 Å². The van der Waals surface area contributed by atoms with E-state index in [-0.39, 0.29) is 5.91 Å². The maximum absolute atomic E-state index is 12.4. The molecule has 0 saturated carbocycles. The lowest BCUT2D eigenvalue weighted by Crippen LogP contribution is -2.36. The van der Waals surface area contributed by atoms with Crippen LogP contribution < -0.4 is 11.1 Å². The molecule has 164 valence electrons. The second-order valence-corrected chi connectivity index (χ2v) is 9.12. The third-order valence-electron chi connectivity index (χ3n) is 5.04. The summed E-state index contributed by atoms with van der Waals surface area (Å²) >= 11 is 1.44. The zero-order valence-corrected chi connectivity index (χ0v) is 19.1. The number of carbonyl (C=O) groups is 1. The lowest BCUT2D eigenvalue weighted by Gasteiger charge is -2.12. The Morgan fingerprint density at radius 1 is 1.25 bits per heavy atom. The van der Waals surface area contributed by atoms with Crippen molar-refractivity contribution in [2.45, 2.75) is 33.2 Å². The fourth-order valence-corrected chi connectivity index (χ4v) is 4.44. The highest BCUT2D eigenvalue weighted by molar-refractivity contribution is 7.19. The van der Waals surface area contributed by atoms with Gasteiger partial charge < -0.3 is 11.1 Å². The van der Waals surface area contributed by atoms with Gasteiger partial charge in [-0.1, -0.05) is 37.3 Å². The molecule has 4 N–H and O–H groups in total. The first-order valence-electron chi connectivity index (χ1n) is 10.5. The van der Waals surface area contributed by atoms with Crippen LogP contribution in [0.2, 0.25) is 0 Å². The molecule has 4 rings (SSSR count). The number of fused-ring (bicyclic) bond motifs is 1. The van der Waals surface area contributed by atoms with Crippen LogP contribution in [0, 0.1) is 12.8 Å². The Bertz CT molecular complexity index is 1260. The first-order chi connectivity index (χ1) is 15.4. The second-order valence-electron chi connectivity index (χ2n) is 8.12. The summed E-state index contributed by atoms with van der Waals surface area (Å²) in [5, 5.41) is 12.0. The largest absolute Gasteiger partial charge is 0.320 e. The number of aromatic nitrogens is 4. The number of rotatable bonds is 7. The van der Waals surface area contributed by atoms with Gasteiger partial charge in [-0.2, -0.15) is 5.10 Å². The predicted octanol–water partition coefficient (Wildman–Crippen LogP) is 4.87. The average molecular weight is 447 g/mol. The van der Waals surface area contributed by atoms with Crippen molar-refractivity contribution in [1.29, 1.82) is 0 Å². The molecule has 7 nitrogen and oxygen atoms in total. The topological polar surface area (TPSA) is 110 Å². The summed E-state index contributed by atoms with van der Waals surface area (Å²) in [7, 11) is 0. The van der Waals surface area contributed by atoms with Crippen LogP contribution in [0.25, 0.3) is 33.5 Å². The van der Waals surface area contributed by atoms with Gasteiger partial charge in [-0.15, -0.1) is 0 Å². The van der Waals surface area contributed by atoms with Gasteiger partial charge >= 0.3 is 0 Å². The number of amides is 1. The minimum absolute atomic E-state index is 0.202. The standard InChI is InChI=1S/C24H26N6OS/c1-14(2)12-19(25)23(31)28-24-27-15(3)22(32-24)16-7-9-18-20(29-30-21(18)13-16)10-8-17-6-4-5-11-26-17/h4-11,13-14,19H,12,25H2,1-3H3,(H,29,30)(H,27,28,31). The molecule has 3 aromatic heterocycles. The second kappa shape index (κ2) is 9.42. The number of aromatic amines is 1. The number of nitrogens with zero attached hydrogens (tertiary/aromatic N) is 3. The summed E-state index contributed by atoms with van der Waals surface area (Å²) in [6.07, 6.45) is 6.29. The number of nitrogens with two attached hydrogens (primary N) is 1. The minimum Gasteiger partial charge on any atom is -0.320 e. The van der Waals surface area contributed by atoms with Gasteiger partial charge in [0.05, 0.1) is 33.5 Å². The van der Waals surface area contributed by atoms with E-state index in [1.165, 1.54) is 11.3 Å². The van der Waals surface area contributed by atoms with E-state index in [1.54, 1.807) is 6.20 Å². The summed E-state index contributed by atoms with van der Waals surface area (Å²) in [6, 6.07) is 11.4. The fraction of sp³-hybridized carbons (Fsp3) is 0.250. The van der Waals surface area contributed by atoms with E-state index in [4.69, 9.17) is 5.73 Å². The fourth-order valence-electron chi connectivity index (χ4n) is 3.48. The number of thiazole rings is 1. The SMILES string of the molecule is Cc1nc(NC(=O)C(N)CC(C)C)sc1-c1ccc2c(C=Cc3ccccn3)n[nH]c2c1. The number of H-pyrrole nitrogens is 1. The molecule has 32 heavy (non-hydrogen) atoms. The molecule has 1 aromatic carbocycles. The molecule has 0 radical (unpaired) electrons. The molecule has 8 heteroatoms. The molecule has 0 saturated heterocycles. The molecular weight excluding hydrogens is 420 g/mol. The van der Waals surface area contributed by atoms with Crippen molar-refractivity contribution in [3.05, 3.63) is 59.7 Å². The van der Waals surface area contributed by atoms with Crippen molar-refractivity contribution < 1.29 is 4.79 Å². The maximum atomic E-state index is 12.4. The van der Waals surface area contributed by atoms with Crippen molar-refractivity contribution in [2.24, 2.45) is 11.7 Å². The lowest BCUT2D eigenvalue weighted by atomic mass is 10.0. The number of benzene rings is 1. The zero-order chi connectivity index (χ0) is 22.7. The highest BCUT2D eigenvalue weighted by Crippen LogP contribution is 2.34. The van der Waals surface area contributed by atoms with Crippen LogP contribution in [0.15, 0.2) is 42.6 Å². The van der Waals surface area contributed by atoms with Crippen molar-refractivity contribution in [2.75, 3.05) is 5.32 Å². The van der Waals surface area contributed by atoms with Gasteiger partial charge in [-0.25, -0.2) is 4.98 Å². The van der Waals surface area contributed by atoms with E-state index in [2.05, 4.69) is 31.5 Å². The Kier molecular flexibility index (Phi) is 6.43. The predicted molar refractivity (Wildman–Crippen MR) is 131 cm³/mol. The minimum atomic E-state index is -0.540. The Hall–Kier alpha value is -3.36. The van der Waals surface area contributed by atoms with Crippen LogP contribution in [-0.4, -0.2) is 32.1 Å². The Morgan fingerprint density at radius 2 is 2.09 bits per heavy atom. The van der Waals surface area contributed by atoms with Gasteiger partial charge in [-0.3, -0.25) is 14.9 Å². The molecule has 0 aliphatic carbocycles. The number of hydrogen-bond acceptors (Lipinski definition) is 6. The number of hydrogen-bond donors (Lipinski definition) is 3. The molecule has 0 bridgehead atoms. The third-order valence-corrected chi connectivity index (χ3v) is 6.17.